The molecule has 0 fully saturated rings. The molecule has 0 aliphatic heterocycles. The van der Waals surface area contributed by atoms with E-state index in [1.54, 1.807) is 0 Å². The first-order valence-corrected chi connectivity index (χ1v) is 2.93. The van der Waals surface area contributed by atoms with Crippen molar-refractivity contribution in [3.63, 3.8) is 0 Å². The van der Waals surface area contributed by atoms with Crippen molar-refractivity contribution in [1.29, 1.82) is 0 Å². The molecule has 13 nitrogen and oxygen atoms in total. The smallest absolute Gasteiger partial charge is 0.769 e. The Bertz CT molecular complexity index is 108. The quantitative estimate of drug-likeness (QED) is 0.219. The maximum Gasteiger partial charge on any atom is 2.00 e. The molecule has 0 spiro atoms. The van der Waals surface area contributed by atoms with E-state index >= 15 is 0 Å². The maximum atomic E-state index is 8.52. The van der Waals surface area contributed by atoms with Crippen molar-refractivity contribution in [3.8, 4) is 0 Å². The van der Waals surface area contributed by atoms with Gasteiger partial charge >= 0.3 is 60.8 Å². The normalized spacial score (nSPS) is 3.89. The van der Waals surface area contributed by atoms with Gasteiger partial charge in [-0.25, -0.2) is 23.7 Å². The predicted molar refractivity (Wildman–Crippen MR) is 59.0 cm³/mol. The molecule has 116 valence electrons. The van der Waals surface area contributed by atoms with Crippen LogP contribution in [-0.2, 0) is 10.4 Å². The third-order valence-corrected chi connectivity index (χ3v) is 0. The molecule has 0 unspecified atom stereocenters. The second kappa shape index (κ2) is 95.2. The molecule has 0 aromatic carbocycles. The summed E-state index contributed by atoms with van der Waals surface area (Å²) in [6, 6.07) is 0. The summed E-state index contributed by atoms with van der Waals surface area (Å²) in [6.07, 6.45) is 0. The van der Waals surface area contributed by atoms with Crippen molar-refractivity contribution in [1.82, 2.24) is 0 Å². The molecule has 0 aromatic heterocycles. The summed E-state index contributed by atoms with van der Waals surface area (Å²) >= 11 is 6.78. The summed E-state index contributed by atoms with van der Waals surface area (Å²) in [5.41, 5.74) is 0. The molecule has 0 aliphatic rings. The number of hydrogen-bond donors (Lipinski definition) is 0. The molecule has 0 saturated heterocycles. The summed E-state index contributed by atoms with van der Waals surface area (Å²) in [6.45, 7) is 0. The average molecular weight is 389 g/mol. The number of halogens is 2. The van der Waals surface area contributed by atoms with E-state index in [9.17, 15) is 0 Å². The van der Waals surface area contributed by atoms with E-state index < -0.39 is 10.4 Å². The van der Waals surface area contributed by atoms with Gasteiger partial charge in [-0.2, -0.15) is 0 Å². The minimum Gasteiger partial charge on any atom is -0.769 e. The molecule has 0 rings (SSSR count). The largest absolute Gasteiger partial charge is 2.00 e. The van der Waals surface area contributed by atoms with Gasteiger partial charge in [0.05, 0.1) is 0 Å². The second-order valence-electron chi connectivity index (χ2n) is 0.408. The van der Waals surface area contributed by atoms with Crippen LogP contribution in [0.2, 0.25) is 0 Å². The molecule has 0 aromatic rings. The van der Waals surface area contributed by atoms with E-state index in [0.29, 0.717) is 0 Å². The molecule has 0 amide bonds. The van der Waals surface area contributed by atoms with Crippen LogP contribution in [0.1, 0.15) is 0 Å². The van der Waals surface area contributed by atoms with Crippen LogP contribution in [-0.4, -0.2) is 117 Å². The zero-order valence-corrected chi connectivity index (χ0v) is 14.5. The van der Waals surface area contributed by atoms with Gasteiger partial charge in [-0.1, -0.05) is 0 Å². The van der Waals surface area contributed by atoms with Crippen molar-refractivity contribution < 1.29 is 65.2 Å². The van der Waals surface area contributed by atoms with Crippen LogP contribution in [0, 0.1) is 0 Å². The Hall–Kier alpha value is 2.12. The molecular formula is H14CaCl2MgO13S. The van der Waals surface area contributed by atoms with Gasteiger partial charge in [0.2, 0.25) is 0 Å². The molecule has 0 aliphatic carbocycles. The van der Waals surface area contributed by atoms with Gasteiger partial charge in [0, 0.05) is 10.4 Å². The van der Waals surface area contributed by atoms with Crippen LogP contribution in [0.25, 0.3) is 0 Å². The zero-order chi connectivity index (χ0) is 8.50. The molecule has 0 heterocycles. The first-order chi connectivity index (χ1) is 4.00. The topological polar surface area (TPSA) is 347 Å². The summed E-state index contributed by atoms with van der Waals surface area (Å²) in [5, 5.41) is 0. The Labute approximate surface area is 158 Å². The van der Waals surface area contributed by atoms with E-state index in [1.165, 1.54) is 0 Å². The molecule has 0 radical (unpaired) electrons. The van der Waals surface area contributed by atoms with Gasteiger partial charge in [0.1, 0.15) is 0 Å². The molecular weight excluding hydrogens is 375 g/mol. The number of hydrogen-bond acceptors (Lipinski definition) is 6. The average Bonchev–Trinajstić information content (AvgIpc) is 1.72. The molecule has 18 heavy (non-hydrogen) atoms. The SMILES string of the molecule is O.O.O.O.O.O.O.O=S(=O)([O-])[O-].[Ca+2].[Mg+2].[O-]Cl.[O-]Cl. The standard InChI is InChI=1S/Ca.2ClO.Mg.H2O4S.7H2O/c;2*1-2;;1-5(2,3)4;;;;;;;/h;;;;(H2,1,2,3,4);7*1H2/q+2;2*-1;+2;;;;;;;;/p-2. The van der Waals surface area contributed by atoms with Crippen LogP contribution in [0.15, 0.2) is 0 Å². The van der Waals surface area contributed by atoms with Gasteiger partial charge in [0.25, 0.3) is 0 Å². The second-order valence-corrected chi connectivity index (χ2v) is 1.22. The third-order valence-electron chi connectivity index (χ3n) is 0. The zero-order valence-electron chi connectivity index (χ0n) is 8.53. The Balaban J connectivity index is -0.00000000260. The van der Waals surface area contributed by atoms with E-state index in [4.69, 9.17) is 26.8 Å². The first kappa shape index (κ1) is 112. The van der Waals surface area contributed by atoms with E-state index in [2.05, 4.69) is 23.7 Å². The first-order valence-electron chi connectivity index (χ1n) is 0.975. The van der Waals surface area contributed by atoms with E-state index in [0.717, 1.165) is 0 Å². The third kappa shape index (κ3) is 1190. The van der Waals surface area contributed by atoms with Gasteiger partial charge in [-0.3, -0.25) is 8.42 Å². The van der Waals surface area contributed by atoms with Crippen molar-refractivity contribution in [2.24, 2.45) is 0 Å². The predicted octanol–water partition coefficient (Wildman–Crippen LogP) is -8.87. The van der Waals surface area contributed by atoms with Crippen molar-refractivity contribution >= 4 is 94.9 Å². The Morgan fingerprint density at radius 3 is 0.611 bits per heavy atom. The minimum atomic E-state index is -5.17. The van der Waals surface area contributed by atoms with Gasteiger partial charge < -0.3 is 56.8 Å². The van der Waals surface area contributed by atoms with Gasteiger partial charge in [-0.05, 0) is 0 Å². The summed E-state index contributed by atoms with van der Waals surface area (Å²) < 4.78 is 49.5. The fourth-order valence-corrected chi connectivity index (χ4v) is 0. The molecule has 0 atom stereocenters. The van der Waals surface area contributed by atoms with Crippen LogP contribution in [0.3, 0.4) is 0 Å². The van der Waals surface area contributed by atoms with Crippen molar-refractivity contribution in [2.75, 3.05) is 0 Å². The van der Waals surface area contributed by atoms with Crippen LogP contribution in [0.5, 0.6) is 0 Å². The van der Waals surface area contributed by atoms with Crippen LogP contribution < -0.4 is 9.32 Å². The maximum absolute atomic E-state index is 8.52. The van der Waals surface area contributed by atoms with E-state index in [-0.39, 0.29) is 99.1 Å². The number of rotatable bonds is 0. The summed E-state index contributed by atoms with van der Waals surface area (Å²) in [7, 11) is -5.17. The molecule has 14 N–H and O–H groups in total. The van der Waals surface area contributed by atoms with Gasteiger partial charge in [-0.15, -0.1) is 0 Å². The Morgan fingerprint density at radius 1 is 0.611 bits per heavy atom. The molecule has 0 saturated carbocycles. The Kier molecular flexibility index (Phi) is 590. The fourth-order valence-electron chi connectivity index (χ4n) is 0. The van der Waals surface area contributed by atoms with Crippen LogP contribution >= 0.6 is 23.7 Å². The van der Waals surface area contributed by atoms with E-state index in [1.807, 2.05) is 0 Å². The monoisotopic (exact) mass is 388 g/mol. The molecule has 18 heteroatoms. The Morgan fingerprint density at radius 2 is 0.611 bits per heavy atom. The summed E-state index contributed by atoms with van der Waals surface area (Å²) in [5.74, 6) is 0. The van der Waals surface area contributed by atoms with Gasteiger partial charge in [0.15, 0.2) is 0 Å². The minimum absolute atomic E-state index is 0. The fraction of sp³-hybridized carbons (Fsp3) is 0. The molecule has 0 bridgehead atoms. The van der Waals surface area contributed by atoms with Crippen molar-refractivity contribution in [3.05, 3.63) is 0 Å². The summed E-state index contributed by atoms with van der Waals surface area (Å²) in [4.78, 5) is 0. The van der Waals surface area contributed by atoms with Crippen LogP contribution in [0.4, 0.5) is 0 Å². The van der Waals surface area contributed by atoms with Crippen molar-refractivity contribution in [2.45, 2.75) is 0 Å².